The molecule has 3 N–H and O–H groups in total. The third-order valence-electron chi connectivity index (χ3n) is 4.90. The fourth-order valence-electron chi connectivity index (χ4n) is 3.41. The fraction of sp³-hybridized carbons (Fsp3) is 0.450. The predicted molar refractivity (Wildman–Crippen MR) is 106 cm³/mol. The minimum Gasteiger partial charge on any atom is -0.391 e. The number of amides is 1. The lowest BCUT2D eigenvalue weighted by molar-refractivity contribution is -0.122. The molecule has 1 amide bonds. The van der Waals surface area contributed by atoms with Gasteiger partial charge in [-0.2, -0.15) is 4.98 Å². The molecule has 1 aromatic carbocycles. The second-order valence-corrected chi connectivity index (χ2v) is 7.25. The molecule has 144 valence electrons. The zero-order chi connectivity index (χ0) is 19.6. The molecule has 7 heteroatoms. The molecule has 2 aromatic rings. The summed E-state index contributed by atoms with van der Waals surface area (Å²) in [6, 6.07) is 8.13. The van der Waals surface area contributed by atoms with Gasteiger partial charge in [0.25, 0.3) is 0 Å². The lowest BCUT2D eigenvalue weighted by Crippen LogP contribution is -2.27. The first-order chi connectivity index (χ1) is 12.9. The highest BCUT2D eigenvalue weighted by Crippen LogP contribution is 2.26. The van der Waals surface area contributed by atoms with Crippen LogP contribution >= 0.6 is 0 Å². The lowest BCUT2D eigenvalue weighted by atomic mass is 10.0. The highest BCUT2D eigenvalue weighted by atomic mass is 16.3. The van der Waals surface area contributed by atoms with E-state index < -0.39 is 6.10 Å². The van der Waals surface area contributed by atoms with E-state index in [1.54, 1.807) is 7.05 Å². The molecular weight excluding hydrogens is 342 g/mol. The van der Waals surface area contributed by atoms with E-state index in [2.05, 4.69) is 46.6 Å². The fourth-order valence-corrected chi connectivity index (χ4v) is 3.41. The Balaban J connectivity index is 1.78. The molecule has 27 heavy (non-hydrogen) atoms. The first kappa shape index (κ1) is 19.1. The number of aromatic nitrogens is 2. The number of benzene rings is 1. The number of carbonyl (C=O) groups is 1. The van der Waals surface area contributed by atoms with Crippen LogP contribution in [0, 0.1) is 26.7 Å². The Labute approximate surface area is 159 Å². The monoisotopic (exact) mass is 369 g/mol. The Morgan fingerprint density at radius 1 is 1.22 bits per heavy atom. The first-order valence-corrected chi connectivity index (χ1v) is 9.19. The zero-order valence-electron chi connectivity index (χ0n) is 16.3. The number of nitrogens with zero attached hydrogens (tertiary/aromatic N) is 3. The first-order valence-electron chi connectivity index (χ1n) is 9.19. The Morgan fingerprint density at radius 2 is 2.00 bits per heavy atom. The van der Waals surface area contributed by atoms with Crippen molar-refractivity contribution in [1.82, 2.24) is 15.3 Å². The molecular formula is C20H27N5O2. The van der Waals surface area contributed by atoms with Crippen molar-refractivity contribution in [3.63, 3.8) is 0 Å². The van der Waals surface area contributed by atoms with Crippen LogP contribution in [0.3, 0.4) is 0 Å². The van der Waals surface area contributed by atoms with Gasteiger partial charge in [0.2, 0.25) is 11.9 Å². The summed E-state index contributed by atoms with van der Waals surface area (Å²) in [5, 5.41) is 16.3. The van der Waals surface area contributed by atoms with Crippen molar-refractivity contribution >= 4 is 23.4 Å². The minimum absolute atomic E-state index is 0.0664. The summed E-state index contributed by atoms with van der Waals surface area (Å²) in [7, 11) is 1.61. The largest absolute Gasteiger partial charge is 0.391 e. The van der Waals surface area contributed by atoms with Crippen molar-refractivity contribution < 1.29 is 9.90 Å². The minimum atomic E-state index is -0.567. The number of carbonyl (C=O) groups excluding carboxylic acids is 1. The number of aliphatic hydroxyl groups is 1. The van der Waals surface area contributed by atoms with E-state index >= 15 is 0 Å². The number of hydrogen-bond acceptors (Lipinski definition) is 6. The van der Waals surface area contributed by atoms with Crippen LogP contribution in [0.25, 0.3) is 0 Å². The molecule has 0 unspecified atom stereocenters. The molecule has 0 aliphatic carbocycles. The second-order valence-electron chi connectivity index (χ2n) is 7.25. The van der Waals surface area contributed by atoms with E-state index in [1.807, 2.05) is 24.0 Å². The summed E-state index contributed by atoms with van der Waals surface area (Å²) in [6.07, 6.45) is -0.268. The third kappa shape index (κ3) is 4.54. The van der Waals surface area contributed by atoms with Crippen molar-refractivity contribution in [2.45, 2.75) is 33.3 Å². The Hall–Kier alpha value is -2.67. The summed E-state index contributed by atoms with van der Waals surface area (Å²) < 4.78 is 0. The molecule has 1 fully saturated rings. The standard InChI is InChI=1S/C20H27N5O2/c1-12-5-6-16(13(2)7-12)23-18-8-14(3)22-20(24-18)25-10-15(17(26)11-25)9-19(27)21-4/h5-8,15,17,26H,9-11H2,1-4H3,(H,21,27)(H,22,23,24)/t15-,17-/m1/s1. The molecule has 0 radical (unpaired) electrons. The van der Waals surface area contributed by atoms with E-state index in [1.165, 1.54) is 5.56 Å². The van der Waals surface area contributed by atoms with Crippen LogP contribution < -0.4 is 15.5 Å². The van der Waals surface area contributed by atoms with Crippen molar-refractivity contribution in [3.8, 4) is 0 Å². The molecule has 1 saturated heterocycles. The van der Waals surface area contributed by atoms with Gasteiger partial charge in [0.15, 0.2) is 0 Å². The van der Waals surface area contributed by atoms with E-state index in [4.69, 9.17) is 0 Å². The molecule has 2 heterocycles. The van der Waals surface area contributed by atoms with Crippen molar-refractivity contribution in [2.75, 3.05) is 30.4 Å². The molecule has 1 aliphatic heterocycles. The van der Waals surface area contributed by atoms with Crippen LogP contribution in [0.5, 0.6) is 0 Å². The van der Waals surface area contributed by atoms with Gasteiger partial charge in [0.1, 0.15) is 5.82 Å². The number of β-amino-alcohol motifs (C(OH)–C–C–N with tert-alkyl or cyclic N) is 1. The van der Waals surface area contributed by atoms with Gasteiger partial charge < -0.3 is 20.6 Å². The average Bonchev–Trinajstić information content (AvgIpc) is 2.97. The summed E-state index contributed by atoms with van der Waals surface area (Å²) in [5.74, 6) is 1.10. The molecule has 2 atom stereocenters. The van der Waals surface area contributed by atoms with Crippen LogP contribution in [0.2, 0.25) is 0 Å². The van der Waals surface area contributed by atoms with Gasteiger partial charge in [0.05, 0.1) is 6.10 Å². The number of aryl methyl sites for hydroxylation is 3. The van der Waals surface area contributed by atoms with Gasteiger partial charge in [0, 0.05) is 49.9 Å². The molecule has 3 rings (SSSR count). The smallest absolute Gasteiger partial charge is 0.227 e. The predicted octanol–water partition coefficient (Wildman–Crippen LogP) is 2.08. The molecule has 7 nitrogen and oxygen atoms in total. The van der Waals surface area contributed by atoms with Crippen molar-refractivity contribution in [3.05, 3.63) is 41.1 Å². The molecule has 0 bridgehead atoms. The molecule has 1 aliphatic rings. The van der Waals surface area contributed by atoms with Crippen LogP contribution in [0.4, 0.5) is 17.5 Å². The maximum absolute atomic E-state index is 11.6. The average molecular weight is 369 g/mol. The maximum atomic E-state index is 11.6. The summed E-state index contributed by atoms with van der Waals surface area (Å²) in [5.41, 5.74) is 4.21. The third-order valence-corrected chi connectivity index (χ3v) is 4.90. The quantitative estimate of drug-likeness (QED) is 0.748. The van der Waals surface area contributed by atoms with Crippen LogP contribution in [0.1, 0.15) is 23.2 Å². The van der Waals surface area contributed by atoms with Gasteiger partial charge in [-0.3, -0.25) is 4.79 Å². The zero-order valence-corrected chi connectivity index (χ0v) is 16.3. The van der Waals surface area contributed by atoms with Gasteiger partial charge in [-0.15, -0.1) is 0 Å². The molecule has 0 saturated carbocycles. The highest BCUT2D eigenvalue weighted by molar-refractivity contribution is 5.76. The van der Waals surface area contributed by atoms with E-state index in [-0.39, 0.29) is 11.8 Å². The van der Waals surface area contributed by atoms with Crippen LogP contribution in [0.15, 0.2) is 24.3 Å². The Morgan fingerprint density at radius 3 is 2.70 bits per heavy atom. The van der Waals surface area contributed by atoms with E-state index in [9.17, 15) is 9.90 Å². The summed E-state index contributed by atoms with van der Waals surface area (Å²) in [4.78, 5) is 22.7. The van der Waals surface area contributed by atoms with Gasteiger partial charge in [-0.05, 0) is 32.4 Å². The summed E-state index contributed by atoms with van der Waals surface area (Å²) >= 11 is 0. The van der Waals surface area contributed by atoms with Crippen molar-refractivity contribution in [2.24, 2.45) is 5.92 Å². The number of hydrogen-bond donors (Lipinski definition) is 3. The molecule has 1 aromatic heterocycles. The Kier molecular flexibility index (Phi) is 5.60. The van der Waals surface area contributed by atoms with Crippen LogP contribution in [-0.2, 0) is 4.79 Å². The van der Waals surface area contributed by atoms with Crippen molar-refractivity contribution in [1.29, 1.82) is 0 Å². The number of aliphatic hydroxyl groups excluding tert-OH is 1. The highest BCUT2D eigenvalue weighted by Gasteiger charge is 2.34. The Bertz CT molecular complexity index is 839. The SMILES string of the molecule is CNC(=O)C[C@@H]1CN(c2nc(C)cc(Nc3ccc(C)cc3C)n2)C[C@H]1O. The van der Waals surface area contributed by atoms with Gasteiger partial charge in [-0.25, -0.2) is 4.98 Å². The van der Waals surface area contributed by atoms with E-state index in [0.29, 0.717) is 31.3 Å². The summed E-state index contributed by atoms with van der Waals surface area (Å²) in [6.45, 7) is 7.03. The topological polar surface area (TPSA) is 90.4 Å². The van der Waals surface area contributed by atoms with E-state index in [0.717, 1.165) is 16.9 Å². The number of rotatable bonds is 5. The maximum Gasteiger partial charge on any atom is 0.227 e. The van der Waals surface area contributed by atoms with Gasteiger partial charge in [-0.1, -0.05) is 17.7 Å². The normalized spacial score (nSPS) is 19.2. The molecule has 0 spiro atoms. The lowest BCUT2D eigenvalue weighted by Gasteiger charge is -2.18. The van der Waals surface area contributed by atoms with Crippen LogP contribution in [-0.4, -0.2) is 47.2 Å². The van der Waals surface area contributed by atoms with Gasteiger partial charge >= 0.3 is 0 Å². The number of nitrogens with one attached hydrogen (secondary N) is 2. The second kappa shape index (κ2) is 7.92. The number of anilines is 3.